The summed E-state index contributed by atoms with van der Waals surface area (Å²) < 4.78 is 0. The number of carbonyl (C=O) groups is 1. The Balaban J connectivity index is 3.47. The van der Waals surface area contributed by atoms with Crippen LogP contribution in [0.4, 0.5) is 0 Å². The number of carboxylic acid groups (broad SMARTS) is 1. The predicted molar refractivity (Wildman–Crippen MR) is 77.6 cm³/mol. The van der Waals surface area contributed by atoms with E-state index in [1.165, 1.54) is 6.08 Å². The summed E-state index contributed by atoms with van der Waals surface area (Å²) in [6.07, 6.45) is 16.6. The van der Waals surface area contributed by atoms with Gasteiger partial charge in [0, 0.05) is 6.08 Å². The number of allylic oxidation sites excluding steroid dienone is 5. The second kappa shape index (κ2) is 9.69. The SMILES string of the molecule is CC(C)(C)CC=CCCC=CCCC=CC(=O)O. The van der Waals surface area contributed by atoms with Crippen molar-refractivity contribution in [3.63, 3.8) is 0 Å². The molecule has 0 fully saturated rings. The van der Waals surface area contributed by atoms with Crippen molar-refractivity contribution >= 4 is 5.97 Å². The van der Waals surface area contributed by atoms with E-state index in [1.54, 1.807) is 6.08 Å². The summed E-state index contributed by atoms with van der Waals surface area (Å²) in [6.45, 7) is 6.71. The first-order valence-electron chi connectivity index (χ1n) is 6.61. The van der Waals surface area contributed by atoms with Gasteiger partial charge in [-0.05, 0) is 37.5 Å². The van der Waals surface area contributed by atoms with Crippen molar-refractivity contribution in [1.29, 1.82) is 0 Å². The normalized spacial score (nSPS) is 13.1. The molecule has 0 saturated heterocycles. The summed E-state index contributed by atoms with van der Waals surface area (Å²) in [6, 6.07) is 0. The fourth-order valence-corrected chi connectivity index (χ4v) is 1.36. The Kier molecular flexibility index (Phi) is 8.99. The molecule has 0 amide bonds. The molecule has 102 valence electrons. The van der Waals surface area contributed by atoms with Crippen molar-refractivity contribution < 1.29 is 9.90 Å². The molecule has 2 heteroatoms. The second-order valence-corrected chi connectivity index (χ2v) is 5.60. The molecule has 0 aromatic carbocycles. The molecule has 18 heavy (non-hydrogen) atoms. The standard InChI is InChI=1S/C16H26O2/c1-16(2,3)14-12-10-8-6-4-5-7-9-11-13-15(17)18/h4-5,10-13H,6-9,14H2,1-3H3,(H,17,18). The van der Waals surface area contributed by atoms with Gasteiger partial charge < -0.3 is 5.11 Å². The van der Waals surface area contributed by atoms with Gasteiger partial charge in [0.1, 0.15) is 0 Å². The first-order valence-corrected chi connectivity index (χ1v) is 6.61. The molecule has 0 aliphatic rings. The number of aliphatic carboxylic acids is 1. The number of carboxylic acids is 1. The average molecular weight is 250 g/mol. The van der Waals surface area contributed by atoms with E-state index in [4.69, 9.17) is 5.11 Å². The molecule has 0 radical (unpaired) electrons. The Morgan fingerprint density at radius 2 is 1.33 bits per heavy atom. The zero-order valence-corrected chi connectivity index (χ0v) is 11.9. The predicted octanol–water partition coefficient (Wildman–Crippen LogP) is 4.74. The fraction of sp³-hybridized carbons (Fsp3) is 0.562. The van der Waals surface area contributed by atoms with Crippen molar-refractivity contribution in [1.82, 2.24) is 0 Å². The molecule has 0 atom stereocenters. The Bertz CT molecular complexity index is 304. The summed E-state index contributed by atoms with van der Waals surface area (Å²) in [5.74, 6) is -0.872. The molecule has 1 N–H and O–H groups in total. The van der Waals surface area contributed by atoms with Crippen LogP contribution < -0.4 is 0 Å². The minimum Gasteiger partial charge on any atom is -0.478 e. The maximum atomic E-state index is 10.2. The minimum atomic E-state index is -0.872. The van der Waals surface area contributed by atoms with Crippen LogP contribution in [0.25, 0.3) is 0 Å². The smallest absolute Gasteiger partial charge is 0.327 e. The van der Waals surface area contributed by atoms with Crippen LogP contribution in [-0.4, -0.2) is 11.1 Å². The van der Waals surface area contributed by atoms with E-state index in [0.29, 0.717) is 5.41 Å². The quantitative estimate of drug-likeness (QED) is 0.384. The zero-order valence-electron chi connectivity index (χ0n) is 11.9. The highest BCUT2D eigenvalue weighted by Gasteiger charge is 2.05. The Hall–Kier alpha value is -1.31. The fourth-order valence-electron chi connectivity index (χ4n) is 1.36. The van der Waals surface area contributed by atoms with Crippen LogP contribution in [0.3, 0.4) is 0 Å². The van der Waals surface area contributed by atoms with Crippen molar-refractivity contribution in [2.75, 3.05) is 0 Å². The Morgan fingerprint density at radius 3 is 1.78 bits per heavy atom. The molecule has 0 aromatic rings. The lowest BCUT2D eigenvalue weighted by molar-refractivity contribution is -0.131. The van der Waals surface area contributed by atoms with E-state index in [2.05, 4.69) is 45.1 Å². The maximum Gasteiger partial charge on any atom is 0.327 e. The highest BCUT2D eigenvalue weighted by molar-refractivity contribution is 5.79. The van der Waals surface area contributed by atoms with Gasteiger partial charge in [0.15, 0.2) is 0 Å². The van der Waals surface area contributed by atoms with E-state index < -0.39 is 5.97 Å². The number of rotatable bonds is 8. The van der Waals surface area contributed by atoms with E-state index in [1.807, 2.05) is 0 Å². The van der Waals surface area contributed by atoms with Gasteiger partial charge in [0.25, 0.3) is 0 Å². The molecule has 0 aliphatic heterocycles. The van der Waals surface area contributed by atoms with E-state index in [9.17, 15) is 4.79 Å². The lowest BCUT2D eigenvalue weighted by Crippen LogP contribution is -2.01. The summed E-state index contributed by atoms with van der Waals surface area (Å²) >= 11 is 0. The van der Waals surface area contributed by atoms with Crippen LogP contribution in [0.2, 0.25) is 0 Å². The highest BCUT2D eigenvalue weighted by Crippen LogP contribution is 2.18. The van der Waals surface area contributed by atoms with Crippen LogP contribution in [0.15, 0.2) is 36.5 Å². The van der Waals surface area contributed by atoms with Crippen LogP contribution in [-0.2, 0) is 4.79 Å². The molecule has 0 spiro atoms. The van der Waals surface area contributed by atoms with Gasteiger partial charge in [-0.3, -0.25) is 0 Å². The minimum absolute atomic E-state index is 0.378. The Labute approximate surface area is 111 Å². The zero-order chi connectivity index (χ0) is 13.9. The number of hydrogen-bond acceptors (Lipinski definition) is 1. The number of hydrogen-bond donors (Lipinski definition) is 1. The third-order valence-corrected chi connectivity index (χ3v) is 2.32. The molecule has 0 aromatic heterocycles. The molecule has 0 rings (SSSR count). The topological polar surface area (TPSA) is 37.3 Å². The molecule has 0 heterocycles. The van der Waals surface area contributed by atoms with Gasteiger partial charge in [-0.2, -0.15) is 0 Å². The van der Waals surface area contributed by atoms with Crippen molar-refractivity contribution in [2.24, 2.45) is 5.41 Å². The number of unbranched alkanes of at least 4 members (excludes halogenated alkanes) is 2. The summed E-state index contributed by atoms with van der Waals surface area (Å²) in [7, 11) is 0. The molecule has 0 saturated carbocycles. The summed E-state index contributed by atoms with van der Waals surface area (Å²) in [5, 5.41) is 8.38. The molecule has 0 bridgehead atoms. The van der Waals surface area contributed by atoms with Crippen LogP contribution in [0, 0.1) is 5.41 Å². The third kappa shape index (κ3) is 14.7. The first kappa shape index (κ1) is 16.7. The van der Waals surface area contributed by atoms with Gasteiger partial charge in [0.05, 0.1) is 0 Å². The second-order valence-electron chi connectivity index (χ2n) is 5.60. The van der Waals surface area contributed by atoms with E-state index in [-0.39, 0.29) is 0 Å². The molecular formula is C16H26O2. The molecule has 2 nitrogen and oxygen atoms in total. The van der Waals surface area contributed by atoms with Gasteiger partial charge in [-0.15, -0.1) is 0 Å². The summed E-state index contributed by atoms with van der Waals surface area (Å²) in [5.41, 5.74) is 0.378. The van der Waals surface area contributed by atoms with Crippen molar-refractivity contribution in [3.05, 3.63) is 36.5 Å². The first-order chi connectivity index (χ1) is 8.42. The van der Waals surface area contributed by atoms with Crippen molar-refractivity contribution in [3.8, 4) is 0 Å². The maximum absolute atomic E-state index is 10.2. The average Bonchev–Trinajstić information content (AvgIpc) is 2.24. The molecular weight excluding hydrogens is 224 g/mol. The lowest BCUT2D eigenvalue weighted by atomic mass is 9.92. The summed E-state index contributed by atoms with van der Waals surface area (Å²) in [4.78, 5) is 10.2. The van der Waals surface area contributed by atoms with E-state index >= 15 is 0 Å². The van der Waals surface area contributed by atoms with Gasteiger partial charge >= 0.3 is 5.97 Å². The highest BCUT2D eigenvalue weighted by atomic mass is 16.4. The van der Waals surface area contributed by atoms with Gasteiger partial charge in [-0.1, -0.05) is 51.2 Å². The van der Waals surface area contributed by atoms with Gasteiger partial charge in [0.2, 0.25) is 0 Å². The lowest BCUT2D eigenvalue weighted by Gasteiger charge is -2.14. The van der Waals surface area contributed by atoms with Crippen molar-refractivity contribution in [2.45, 2.75) is 52.9 Å². The Morgan fingerprint density at radius 1 is 0.889 bits per heavy atom. The molecule has 0 aliphatic carbocycles. The third-order valence-electron chi connectivity index (χ3n) is 2.32. The van der Waals surface area contributed by atoms with Crippen LogP contribution >= 0.6 is 0 Å². The van der Waals surface area contributed by atoms with Crippen LogP contribution in [0.1, 0.15) is 52.9 Å². The monoisotopic (exact) mass is 250 g/mol. The van der Waals surface area contributed by atoms with E-state index in [0.717, 1.165) is 32.1 Å². The van der Waals surface area contributed by atoms with Gasteiger partial charge in [-0.25, -0.2) is 4.79 Å². The largest absolute Gasteiger partial charge is 0.478 e. The van der Waals surface area contributed by atoms with Crippen LogP contribution in [0.5, 0.6) is 0 Å². The molecule has 0 unspecified atom stereocenters.